The van der Waals surface area contributed by atoms with Crippen LogP contribution in [0.3, 0.4) is 0 Å². The van der Waals surface area contributed by atoms with Crippen LogP contribution in [0.4, 0.5) is 0 Å². The topological polar surface area (TPSA) is 59.2 Å². The quantitative estimate of drug-likeness (QED) is 0.597. The number of aromatic amines is 1. The zero-order chi connectivity index (χ0) is 10.8. The Morgan fingerprint density at radius 2 is 2.20 bits per heavy atom. The van der Waals surface area contributed by atoms with E-state index in [2.05, 4.69) is 9.72 Å². The smallest absolute Gasteiger partial charge is 0.337 e. The molecular weight excluding hydrogens is 194 g/mol. The number of benzene rings is 1. The van der Waals surface area contributed by atoms with E-state index in [-0.39, 0.29) is 5.97 Å². The number of esters is 1. The number of hydrogen-bond donors (Lipinski definition) is 1. The van der Waals surface area contributed by atoms with Crippen molar-refractivity contribution in [1.82, 2.24) is 4.98 Å². The largest absolute Gasteiger partial charge is 0.465 e. The van der Waals surface area contributed by atoms with Gasteiger partial charge in [-0.25, -0.2) is 4.79 Å². The van der Waals surface area contributed by atoms with Crippen molar-refractivity contribution in [3.63, 3.8) is 0 Å². The van der Waals surface area contributed by atoms with Crippen molar-refractivity contribution in [2.75, 3.05) is 7.11 Å². The summed E-state index contributed by atoms with van der Waals surface area (Å²) in [4.78, 5) is 24.7. The molecule has 2 aromatic rings. The molecule has 0 radical (unpaired) electrons. The number of carbonyl (C=O) groups is 2. The second-order valence-corrected chi connectivity index (χ2v) is 3.14. The summed E-state index contributed by atoms with van der Waals surface area (Å²) in [6.45, 7) is 0. The average molecular weight is 203 g/mol. The third-order valence-electron chi connectivity index (χ3n) is 2.19. The van der Waals surface area contributed by atoms with Gasteiger partial charge in [-0.05, 0) is 24.3 Å². The monoisotopic (exact) mass is 203 g/mol. The molecule has 1 aromatic carbocycles. The molecule has 0 aliphatic heterocycles. The summed E-state index contributed by atoms with van der Waals surface area (Å²) in [7, 11) is 1.33. The third-order valence-corrected chi connectivity index (χ3v) is 2.19. The predicted octanol–water partition coefficient (Wildman–Crippen LogP) is 1.77. The molecule has 0 saturated carbocycles. The van der Waals surface area contributed by atoms with Crippen LogP contribution in [0.2, 0.25) is 0 Å². The van der Waals surface area contributed by atoms with Crippen LogP contribution in [0, 0.1) is 0 Å². The molecule has 0 aliphatic rings. The fraction of sp³-hybridized carbons (Fsp3) is 0.0909. The molecule has 1 N–H and O–H groups in total. The van der Waals surface area contributed by atoms with Crippen LogP contribution in [0.1, 0.15) is 20.8 Å². The molecule has 0 saturated heterocycles. The molecule has 4 heteroatoms. The van der Waals surface area contributed by atoms with Crippen molar-refractivity contribution in [2.45, 2.75) is 0 Å². The number of aldehydes is 1. The van der Waals surface area contributed by atoms with Crippen molar-refractivity contribution in [2.24, 2.45) is 0 Å². The van der Waals surface area contributed by atoms with Gasteiger partial charge in [-0.2, -0.15) is 0 Å². The van der Waals surface area contributed by atoms with Gasteiger partial charge in [0, 0.05) is 10.9 Å². The predicted molar refractivity (Wildman–Crippen MR) is 55.0 cm³/mol. The molecule has 1 heterocycles. The Labute approximate surface area is 85.9 Å². The van der Waals surface area contributed by atoms with E-state index in [0.29, 0.717) is 11.3 Å². The summed E-state index contributed by atoms with van der Waals surface area (Å²) in [5.74, 6) is -0.384. The van der Waals surface area contributed by atoms with Crippen molar-refractivity contribution in [3.8, 4) is 0 Å². The van der Waals surface area contributed by atoms with Crippen molar-refractivity contribution in [1.29, 1.82) is 0 Å². The number of hydrogen-bond acceptors (Lipinski definition) is 3. The van der Waals surface area contributed by atoms with E-state index >= 15 is 0 Å². The molecule has 0 spiro atoms. The number of ether oxygens (including phenoxy) is 1. The first-order valence-corrected chi connectivity index (χ1v) is 4.41. The van der Waals surface area contributed by atoms with E-state index in [9.17, 15) is 9.59 Å². The van der Waals surface area contributed by atoms with Gasteiger partial charge < -0.3 is 9.72 Å². The number of nitrogens with one attached hydrogen (secondary N) is 1. The van der Waals surface area contributed by atoms with Gasteiger partial charge in [0.1, 0.15) is 0 Å². The maximum Gasteiger partial charge on any atom is 0.337 e. The van der Waals surface area contributed by atoms with Crippen molar-refractivity contribution < 1.29 is 14.3 Å². The summed E-state index contributed by atoms with van der Waals surface area (Å²) < 4.78 is 4.60. The Balaban J connectivity index is 2.55. The van der Waals surface area contributed by atoms with E-state index in [1.54, 1.807) is 24.3 Å². The number of methoxy groups -OCH3 is 1. The fourth-order valence-electron chi connectivity index (χ4n) is 1.46. The van der Waals surface area contributed by atoms with E-state index in [4.69, 9.17) is 0 Å². The normalized spacial score (nSPS) is 10.2. The van der Waals surface area contributed by atoms with Gasteiger partial charge in [-0.3, -0.25) is 4.79 Å². The van der Waals surface area contributed by atoms with Gasteiger partial charge in [0.05, 0.1) is 18.4 Å². The molecule has 0 bridgehead atoms. The molecular formula is C11H9NO3. The van der Waals surface area contributed by atoms with Crippen LogP contribution in [-0.2, 0) is 4.74 Å². The van der Waals surface area contributed by atoms with Gasteiger partial charge in [0.15, 0.2) is 6.29 Å². The highest BCUT2D eigenvalue weighted by Gasteiger charge is 2.07. The number of H-pyrrole nitrogens is 1. The molecule has 2 rings (SSSR count). The van der Waals surface area contributed by atoms with Gasteiger partial charge in [-0.1, -0.05) is 0 Å². The maximum absolute atomic E-state index is 11.2. The average Bonchev–Trinajstić information content (AvgIpc) is 2.69. The van der Waals surface area contributed by atoms with E-state index in [1.807, 2.05) is 0 Å². The number of rotatable bonds is 2. The SMILES string of the molecule is COC(=O)c1ccc2[nH]c(C=O)cc2c1. The lowest BCUT2D eigenvalue weighted by Crippen LogP contribution is -2.00. The van der Waals surface area contributed by atoms with Gasteiger partial charge >= 0.3 is 5.97 Å². The summed E-state index contributed by atoms with van der Waals surface area (Å²) in [6.07, 6.45) is 0.734. The molecule has 0 unspecified atom stereocenters. The van der Waals surface area contributed by atoms with Crippen LogP contribution in [0.5, 0.6) is 0 Å². The molecule has 1 aromatic heterocycles. The highest BCUT2D eigenvalue weighted by Crippen LogP contribution is 2.16. The zero-order valence-electron chi connectivity index (χ0n) is 8.11. The van der Waals surface area contributed by atoms with Crippen molar-refractivity contribution in [3.05, 3.63) is 35.5 Å². The molecule has 0 fully saturated rings. The van der Waals surface area contributed by atoms with E-state index in [1.165, 1.54) is 7.11 Å². The summed E-state index contributed by atoms with van der Waals surface area (Å²) >= 11 is 0. The standard InChI is InChI=1S/C11H9NO3/c1-15-11(14)7-2-3-10-8(4-7)5-9(6-13)12-10/h2-6,12H,1H3. The highest BCUT2D eigenvalue weighted by molar-refractivity contribution is 5.96. The summed E-state index contributed by atoms with van der Waals surface area (Å²) in [5, 5.41) is 0.819. The maximum atomic E-state index is 11.2. The number of aromatic nitrogens is 1. The number of carbonyl (C=O) groups excluding carboxylic acids is 2. The summed E-state index contributed by atoms with van der Waals surface area (Å²) in [6, 6.07) is 6.77. The van der Waals surface area contributed by atoms with Crippen molar-refractivity contribution >= 4 is 23.2 Å². The lowest BCUT2D eigenvalue weighted by molar-refractivity contribution is 0.0601. The first kappa shape index (κ1) is 9.45. The fourth-order valence-corrected chi connectivity index (χ4v) is 1.46. The second-order valence-electron chi connectivity index (χ2n) is 3.14. The van der Waals surface area contributed by atoms with Gasteiger partial charge in [-0.15, -0.1) is 0 Å². The van der Waals surface area contributed by atoms with Crippen LogP contribution in [0.25, 0.3) is 10.9 Å². The number of fused-ring (bicyclic) bond motifs is 1. The molecule has 76 valence electrons. The molecule has 0 aliphatic carbocycles. The minimum absolute atomic E-state index is 0.384. The first-order chi connectivity index (χ1) is 7.24. The lowest BCUT2D eigenvalue weighted by atomic mass is 10.1. The van der Waals surface area contributed by atoms with Gasteiger partial charge in [0.2, 0.25) is 0 Å². The van der Waals surface area contributed by atoms with Gasteiger partial charge in [0.25, 0.3) is 0 Å². The minimum Gasteiger partial charge on any atom is -0.465 e. The molecule has 4 nitrogen and oxygen atoms in total. The Bertz CT molecular complexity index is 528. The van der Waals surface area contributed by atoms with Crippen LogP contribution in [-0.4, -0.2) is 24.3 Å². The van der Waals surface area contributed by atoms with Crippen LogP contribution in [0.15, 0.2) is 24.3 Å². The Kier molecular flexibility index (Phi) is 2.25. The Hall–Kier alpha value is -2.10. The molecule has 15 heavy (non-hydrogen) atoms. The third kappa shape index (κ3) is 1.61. The van der Waals surface area contributed by atoms with E-state index < -0.39 is 0 Å². The van der Waals surface area contributed by atoms with E-state index in [0.717, 1.165) is 17.2 Å². The summed E-state index contributed by atoms with van der Waals surface area (Å²) in [5.41, 5.74) is 1.79. The second kappa shape index (κ2) is 3.57. The Morgan fingerprint density at radius 3 is 2.87 bits per heavy atom. The minimum atomic E-state index is -0.384. The van der Waals surface area contributed by atoms with Crippen LogP contribution >= 0.6 is 0 Å². The molecule has 0 amide bonds. The van der Waals surface area contributed by atoms with Crippen LogP contribution < -0.4 is 0 Å². The zero-order valence-corrected chi connectivity index (χ0v) is 8.11. The molecule has 0 atom stereocenters. The first-order valence-electron chi connectivity index (χ1n) is 4.41. The Morgan fingerprint density at radius 1 is 1.40 bits per heavy atom. The highest BCUT2D eigenvalue weighted by atomic mass is 16.5. The lowest BCUT2D eigenvalue weighted by Gasteiger charge is -1.98.